The number of nitrogens with zero attached hydrogens (tertiary/aromatic N) is 1. The zero-order chi connectivity index (χ0) is 18.5. The van der Waals surface area contributed by atoms with Crippen molar-refractivity contribution in [1.29, 1.82) is 0 Å². The number of ether oxygens (including phenoxy) is 1. The van der Waals surface area contributed by atoms with Crippen LogP contribution in [0.4, 0.5) is 0 Å². The van der Waals surface area contributed by atoms with E-state index in [2.05, 4.69) is 47.4 Å². The van der Waals surface area contributed by atoms with Gasteiger partial charge in [-0.05, 0) is 69.5 Å². The molecule has 0 radical (unpaired) electrons. The lowest BCUT2D eigenvalue weighted by Crippen LogP contribution is -2.49. The molecule has 1 aromatic carbocycles. The van der Waals surface area contributed by atoms with E-state index in [0.717, 1.165) is 19.3 Å². The molecule has 3 heteroatoms. The topological polar surface area (TPSA) is 29.5 Å². The van der Waals surface area contributed by atoms with Crippen molar-refractivity contribution in [3.8, 4) is 0 Å². The quantitative estimate of drug-likeness (QED) is 0.562. The van der Waals surface area contributed by atoms with Crippen LogP contribution in [0.2, 0.25) is 0 Å². The highest BCUT2D eigenvalue weighted by Gasteiger charge is 2.35. The number of carbonyl (C=O) groups is 1. The number of carbonyl (C=O) groups excluding carboxylic acids is 1. The number of piperidine rings is 2. The van der Waals surface area contributed by atoms with Crippen LogP contribution in [0.5, 0.6) is 0 Å². The molecule has 3 aliphatic rings. The number of allylic oxidation sites excluding steroid dienone is 2. The van der Waals surface area contributed by atoms with Gasteiger partial charge >= 0.3 is 5.97 Å². The van der Waals surface area contributed by atoms with Crippen molar-refractivity contribution < 1.29 is 9.53 Å². The van der Waals surface area contributed by atoms with Gasteiger partial charge < -0.3 is 4.74 Å². The fourth-order valence-electron chi connectivity index (χ4n) is 5.37. The maximum Gasteiger partial charge on any atom is 0.309 e. The lowest BCUT2D eigenvalue weighted by molar-refractivity contribution is -0.153. The smallest absolute Gasteiger partial charge is 0.309 e. The van der Waals surface area contributed by atoms with E-state index in [1.54, 1.807) is 0 Å². The van der Waals surface area contributed by atoms with Crippen LogP contribution in [-0.2, 0) is 16.0 Å². The summed E-state index contributed by atoms with van der Waals surface area (Å²) in [6.45, 7) is 3.10. The van der Waals surface area contributed by atoms with E-state index in [4.69, 9.17) is 4.74 Å². The van der Waals surface area contributed by atoms with Gasteiger partial charge in [0.1, 0.15) is 0 Å². The molecule has 0 N–H and O–H groups in total. The second-order valence-electron chi connectivity index (χ2n) is 8.63. The van der Waals surface area contributed by atoms with Crippen LogP contribution in [0.25, 0.3) is 0 Å². The standard InChI is InChI=1S/C24H33NO2/c26-24(27-18-21-12-8-16-25-15-7-6-14-23(21)25)22-13-5-4-11-20(22)17-19-9-2-1-3-10-19/h1-5,9-10,20-23H,6-8,11-18H2. The summed E-state index contributed by atoms with van der Waals surface area (Å²) >= 11 is 0. The minimum absolute atomic E-state index is 0.0151. The minimum atomic E-state index is 0.0151. The van der Waals surface area contributed by atoms with Crippen molar-refractivity contribution in [3.05, 3.63) is 48.0 Å². The zero-order valence-corrected chi connectivity index (χ0v) is 16.4. The first-order valence-corrected chi connectivity index (χ1v) is 10.9. The second-order valence-corrected chi connectivity index (χ2v) is 8.63. The summed E-state index contributed by atoms with van der Waals surface area (Å²) in [6, 6.07) is 11.2. The number of fused-ring (bicyclic) bond motifs is 1. The zero-order valence-electron chi connectivity index (χ0n) is 16.4. The van der Waals surface area contributed by atoms with Gasteiger partial charge in [-0.15, -0.1) is 0 Å². The summed E-state index contributed by atoms with van der Waals surface area (Å²) in [5.41, 5.74) is 1.32. The van der Waals surface area contributed by atoms with Gasteiger partial charge in [-0.2, -0.15) is 0 Å². The summed E-state index contributed by atoms with van der Waals surface area (Å²) < 4.78 is 5.94. The van der Waals surface area contributed by atoms with Crippen molar-refractivity contribution >= 4 is 5.97 Å². The summed E-state index contributed by atoms with van der Waals surface area (Å²) in [4.78, 5) is 15.6. The molecule has 0 spiro atoms. The van der Waals surface area contributed by atoms with Crippen molar-refractivity contribution in [2.45, 2.75) is 57.4 Å². The number of esters is 1. The van der Waals surface area contributed by atoms with Crippen LogP contribution >= 0.6 is 0 Å². The average Bonchev–Trinajstić information content (AvgIpc) is 2.73. The molecule has 3 nitrogen and oxygen atoms in total. The van der Waals surface area contributed by atoms with Crippen LogP contribution in [0.3, 0.4) is 0 Å². The molecule has 4 unspecified atom stereocenters. The molecular weight excluding hydrogens is 334 g/mol. The third kappa shape index (κ3) is 4.63. The Morgan fingerprint density at radius 3 is 2.67 bits per heavy atom. The maximum absolute atomic E-state index is 12.9. The highest BCUT2D eigenvalue weighted by molar-refractivity contribution is 5.73. The molecule has 0 amide bonds. The van der Waals surface area contributed by atoms with E-state index in [1.165, 1.54) is 50.8 Å². The summed E-state index contributed by atoms with van der Waals surface area (Å²) in [7, 11) is 0. The number of hydrogen-bond acceptors (Lipinski definition) is 3. The second kappa shape index (κ2) is 9.05. The fraction of sp³-hybridized carbons (Fsp3) is 0.625. The number of rotatable bonds is 5. The van der Waals surface area contributed by atoms with Crippen LogP contribution in [0, 0.1) is 17.8 Å². The van der Waals surface area contributed by atoms with Gasteiger partial charge in [0.25, 0.3) is 0 Å². The van der Waals surface area contributed by atoms with Crippen LogP contribution < -0.4 is 0 Å². The Bertz CT molecular complexity index is 639. The molecule has 2 aliphatic heterocycles. The predicted molar refractivity (Wildman–Crippen MR) is 108 cm³/mol. The highest BCUT2D eigenvalue weighted by Crippen LogP contribution is 2.33. The molecule has 4 atom stereocenters. The monoisotopic (exact) mass is 367 g/mol. The maximum atomic E-state index is 12.9. The largest absolute Gasteiger partial charge is 0.465 e. The first-order valence-electron chi connectivity index (χ1n) is 10.9. The first kappa shape index (κ1) is 18.7. The predicted octanol–water partition coefficient (Wildman–Crippen LogP) is 4.62. The minimum Gasteiger partial charge on any atom is -0.465 e. The molecule has 4 rings (SSSR count). The molecule has 146 valence electrons. The van der Waals surface area contributed by atoms with Crippen molar-refractivity contribution in [1.82, 2.24) is 4.90 Å². The Balaban J connectivity index is 1.34. The molecule has 2 saturated heterocycles. The Morgan fingerprint density at radius 1 is 0.963 bits per heavy atom. The van der Waals surface area contributed by atoms with Gasteiger partial charge in [-0.3, -0.25) is 9.69 Å². The first-order chi connectivity index (χ1) is 13.3. The van der Waals surface area contributed by atoms with Gasteiger partial charge in [-0.25, -0.2) is 0 Å². The molecular formula is C24H33NO2. The van der Waals surface area contributed by atoms with Crippen LogP contribution in [-0.4, -0.2) is 36.6 Å². The Labute approximate surface area is 163 Å². The van der Waals surface area contributed by atoms with Gasteiger partial charge in [0.2, 0.25) is 0 Å². The van der Waals surface area contributed by atoms with E-state index in [1.807, 2.05) is 0 Å². The lowest BCUT2D eigenvalue weighted by atomic mass is 9.79. The molecule has 2 fully saturated rings. The summed E-state index contributed by atoms with van der Waals surface area (Å²) in [6.07, 6.45) is 13.6. The number of hydrogen-bond donors (Lipinski definition) is 0. The van der Waals surface area contributed by atoms with Crippen LogP contribution in [0.1, 0.15) is 50.5 Å². The summed E-state index contributed by atoms with van der Waals surface area (Å²) in [5, 5.41) is 0. The Kier molecular flexibility index (Phi) is 6.28. The molecule has 0 saturated carbocycles. The average molecular weight is 368 g/mol. The third-order valence-corrected chi connectivity index (χ3v) is 6.88. The molecule has 1 aromatic rings. The van der Waals surface area contributed by atoms with E-state index in [-0.39, 0.29) is 11.9 Å². The van der Waals surface area contributed by atoms with E-state index in [0.29, 0.717) is 24.5 Å². The van der Waals surface area contributed by atoms with Crippen molar-refractivity contribution in [3.63, 3.8) is 0 Å². The van der Waals surface area contributed by atoms with E-state index >= 15 is 0 Å². The van der Waals surface area contributed by atoms with Crippen molar-refractivity contribution in [2.75, 3.05) is 19.7 Å². The molecule has 27 heavy (non-hydrogen) atoms. The van der Waals surface area contributed by atoms with E-state index < -0.39 is 0 Å². The molecule has 2 heterocycles. The normalized spacial score (nSPS) is 31.3. The molecule has 0 bridgehead atoms. The Hall–Kier alpha value is -1.61. The van der Waals surface area contributed by atoms with E-state index in [9.17, 15) is 4.79 Å². The van der Waals surface area contributed by atoms with Crippen LogP contribution in [0.15, 0.2) is 42.5 Å². The molecule has 1 aliphatic carbocycles. The van der Waals surface area contributed by atoms with Gasteiger partial charge in [0.05, 0.1) is 12.5 Å². The Morgan fingerprint density at radius 2 is 1.78 bits per heavy atom. The summed E-state index contributed by atoms with van der Waals surface area (Å²) in [5.74, 6) is 0.951. The lowest BCUT2D eigenvalue weighted by Gasteiger charge is -2.44. The highest BCUT2D eigenvalue weighted by atomic mass is 16.5. The van der Waals surface area contributed by atoms with Gasteiger partial charge in [-0.1, -0.05) is 48.9 Å². The van der Waals surface area contributed by atoms with Crippen molar-refractivity contribution in [2.24, 2.45) is 17.8 Å². The fourth-order valence-corrected chi connectivity index (χ4v) is 5.37. The number of benzene rings is 1. The van der Waals surface area contributed by atoms with Gasteiger partial charge in [0, 0.05) is 12.0 Å². The SMILES string of the molecule is O=C(OCC1CCCN2CCCCC12)C1CC=CCC1Cc1ccccc1. The van der Waals surface area contributed by atoms with Gasteiger partial charge in [0.15, 0.2) is 0 Å². The third-order valence-electron chi connectivity index (χ3n) is 6.88. The molecule has 0 aromatic heterocycles.